The molecule has 1 N–H and O–H groups in total. The molecule has 0 atom stereocenters. The monoisotopic (exact) mass is 440 g/mol. The summed E-state index contributed by atoms with van der Waals surface area (Å²) in [5, 5.41) is 4.22. The molecule has 0 saturated carbocycles. The Morgan fingerprint density at radius 3 is 2.91 bits per heavy atom. The van der Waals surface area contributed by atoms with Crippen molar-refractivity contribution in [3.63, 3.8) is 0 Å². The highest BCUT2D eigenvalue weighted by molar-refractivity contribution is 14.0. The summed E-state index contributed by atoms with van der Waals surface area (Å²) < 4.78 is 7.08. The molecule has 0 fully saturated rings. The molecule has 23 heavy (non-hydrogen) atoms. The van der Waals surface area contributed by atoms with Crippen LogP contribution < -0.4 is 5.32 Å². The Labute approximate surface area is 155 Å². The van der Waals surface area contributed by atoms with Crippen LogP contribution in [0.25, 0.3) is 21.0 Å². The number of hydrogen-bond donors (Lipinski definition) is 1. The largest absolute Gasteiger partial charge is 0.457 e. The Kier molecular flexibility index (Phi) is 4.86. The molecule has 1 aliphatic heterocycles. The van der Waals surface area contributed by atoms with Gasteiger partial charge in [-0.3, -0.25) is 4.99 Å². The zero-order valence-corrected chi connectivity index (χ0v) is 15.8. The summed E-state index contributed by atoms with van der Waals surface area (Å²) in [7, 11) is 2.04. The Morgan fingerprint density at radius 1 is 1.26 bits per heavy atom. The first-order chi connectivity index (χ1) is 10.8. The number of nitrogens with one attached hydrogen (secondary N) is 1. The van der Waals surface area contributed by atoms with E-state index in [9.17, 15) is 0 Å². The highest BCUT2D eigenvalue weighted by Gasteiger charge is 2.13. The second kappa shape index (κ2) is 6.88. The quantitative estimate of drug-likeness (QED) is 0.633. The Hall–Kier alpha value is -1.61. The molecule has 5 nitrogen and oxygen atoms in total. The smallest absolute Gasteiger partial charge is 0.194 e. The predicted molar refractivity (Wildman–Crippen MR) is 105 cm³/mol. The van der Waals surface area contributed by atoms with Gasteiger partial charge in [0, 0.05) is 13.6 Å². The van der Waals surface area contributed by atoms with Crippen LogP contribution >= 0.6 is 35.3 Å². The van der Waals surface area contributed by atoms with Gasteiger partial charge < -0.3 is 14.6 Å². The molecule has 0 spiro atoms. The van der Waals surface area contributed by atoms with Crippen LogP contribution in [0.5, 0.6) is 0 Å². The van der Waals surface area contributed by atoms with Gasteiger partial charge >= 0.3 is 0 Å². The van der Waals surface area contributed by atoms with E-state index in [2.05, 4.69) is 26.3 Å². The van der Waals surface area contributed by atoms with Crippen molar-refractivity contribution in [1.82, 2.24) is 15.2 Å². The Balaban J connectivity index is 0.00000156. The number of halogens is 1. The number of furan rings is 1. The molecular weight excluding hydrogens is 423 g/mol. The van der Waals surface area contributed by atoms with Gasteiger partial charge in [0.15, 0.2) is 16.7 Å². The van der Waals surface area contributed by atoms with E-state index in [4.69, 9.17) is 4.42 Å². The molecule has 120 valence electrons. The summed E-state index contributed by atoms with van der Waals surface area (Å²) in [6, 6.07) is 12.1. The molecule has 0 saturated heterocycles. The molecule has 0 amide bonds. The van der Waals surface area contributed by atoms with Crippen molar-refractivity contribution in [1.29, 1.82) is 0 Å². The first-order valence-corrected chi connectivity index (χ1v) is 8.05. The van der Waals surface area contributed by atoms with Gasteiger partial charge in [-0.1, -0.05) is 12.1 Å². The van der Waals surface area contributed by atoms with Gasteiger partial charge in [0.25, 0.3) is 0 Å². The van der Waals surface area contributed by atoms with Gasteiger partial charge in [0.1, 0.15) is 5.76 Å². The lowest BCUT2D eigenvalue weighted by Crippen LogP contribution is -2.34. The van der Waals surface area contributed by atoms with E-state index in [0.717, 1.165) is 41.1 Å². The van der Waals surface area contributed by atoms with E-state index in [1.54, 1.807) is 11.3 Å². The molecule has 0 aliphatic carbocycles. The van der Waals surface area contributed by atoms with E-state index in [-0.39, 0.29) is 24.0 Å². The third kappa shape index (κ3) is 3.35. The zero-order valence-electron chi connectivity index (χ0n) is 12.7. The topological polar surface area (TPSA) is 53.7 Å². The minimum atomic E-state index is 0. The number of thiazole rings is 1. The fourth-order valence-corrected chi connectivity index (χ4v) is 3.38. The molecule has 2 aromatic heterocycles. The van der Waals surface area contributed by atoms with Gasteiger partial charge in [-0.05, 0) is 24.3 Å². The summed E-state index contributed by atoms with van der Waals surface area (Å²) in [6.07, 6.45) is 0. The molecule has 3 aromatic rings. The Morgan fingerprint density at radius 2 is 2.13 bits per heavy atom. The highest BCUT2D eigenvalue weighted by Crippen LogP contribution is 2.31. The number of fused-ring (bicyclic) bond motifs is 1. The molecule has 7 heteroatoms. The van der Waals surface area contributed by atoms with Crippen molar-refractivity contribution in [3.8, 4) is 10.8 Å². The summed E-state index contributed by atoms with van der Waals surface area (Å²) in [5.74, 6) is 2.63. The molecule has 1 aliphatic rings. The van der Waals surface area contributed by atoms with Crippen molar-refractivity contribution < 1.29 is 4.42 Å². The number of aliphatic imine (C=N–C) groups is 1. The van der Waals surface area contributed by atoms with Crippen molar-refractivity contribution in [2.45, 2.75) is 6.54 Å². The van der Waals surface area contributed by atoms with Crippen LogP contribution in [-0.2, 0) is 6.54 Å². The standard InChI is InChI=1S/C16H16N4OS.HI/c1-20-9-8-17-16(20)18-10-11-6-7-13(21-11)15-19-12-4-2-3-5-14(12)22-15;/h2-7H,8-10H2,1H3,(H,17,18);1H. The van der Waals surface area contributed by atoms with Gasteiger partial charge in [-0.25, -0.2) is 4.98 Å². The number of likely N-dealkylation sites (N-methyl/N-ethyl adjacent to an activating group) is 1. The van der Waals surface area contributed by atoms with E-state index in [1.165, 1.54) is 4.70 Å². The second-order valence-electron chi connectivity index (χ2n) is 5.23. The number of aromatic nitrogens is 1. The summed E-state index contributed by atoms with van der Waals surface area (Å²) in [6.45, 7) is 2.46. The van der Waals surface area contributed by atoms with Gasteiger partial charge in [-0.2, -0.15) is 0 Å². The van der Waals surface area contributed by atoms with Crippen LogP contribution in [0.3, 0.4) is 0 Å². The maximum Gasteiger partial charge on any atom is 0.194 e. The van der Waals surface area contributed by atoms with Gasteiger partial charge in [0.2, 0.25) is 0 Å². The van der Waals surface area contributed by atoms with Crippen LogP contribution in [0.15, 0.2) is 45.8 Å². The van der Waals surface area contributed by atoms with Crippen molar-refractivity contribution in [2.75, 3.05) is 20.1 Å². The average molecular weight is 440 g/mol. The summed E-state index contributed by atoms with van der Waals surface area (Å²) >= 11 is 1.65. The van der Waals surface area contributed by atoms with Crippen LogP contribution in [0, 0.1) is 0 Å². The molecular formula is C16H17IN4OS. The lowest BCUT2D eigenvalue weighted by atomic mass is 10.3. The lowest BCUT2D eigenvalue weighted by Gasteiger charge is -2.14. The summed E-state index contributed by atoms with van der Waals surface area (Å²) in [4.78, 5) is 11.1. The minimum absolute atomic E-state index is 0. The first-order valence-electron chi connectivity index (χ1n) is 7.24. The van der Waals surface area contributed by atoms with E-state index < -0.39 is 0 Å². The predicted octanol–water partition coefficient (Wildman–Crippen LogP) is 3.57. The number of benzene rings is 1. The lowest BCUT2D eigenvalue weighted by molar-refractivity contribution is 0.495. The molecule has 0 unspecified atom stereocenters. The SMILES string of the molecule is CN1CCN=C1NCc1ccc(-c2nc3ccccc3s2)o1.I. The van der Waals surface area contributed by atoms with Gasteiger partial charge in [0.05, 0.1) is 23.3 Å². The van der Waals surface area contributed by atoms with E-state index >= 15 is 0 Å². The maximum atomic E-state index is 5.91. The minimum Gasteiger partial charge on any atom is -0.457 e. The van der Waals surface area contributed by atoms with Crippen LogP contribution in [-0.4, -0.2) is 36.0 Å². The number of rotatable bonds is 3. The highest BCUT2D eigenvalue weighted by atomic mass is 127. The number of para-hydroxylation sites is 1. The van der Waals surface area contributed by atoms with Crippen LogP contribution in [0.1, 0.15) is 5.76 Å². The fraction of sp³-hybridized carbons (Fsp3) is 0.250. The van der Waals surface area contributed by atoms with Gasteiger partial charge in [-0.15, -0.1) is 35.3 Å². The second-order valence-corrected chi connectivity index (χ2v) is 6.26. The van der Waals surface area contributed by atoms with Crippen LogP contribution in [0.2, 0.25) is 0 Å². The van der Waals surface area contributed by atoms with E-state index in [1.807, 2.05) is 37.4 Å². The maximum absolute atomic E-state index is 5.91. The number of hydrogen-bond acceptors (Lipinski definition) is 6. The molecule has 0 radical (unpaired) electrons. The zero-order chi connectivity index (χ0) is 14.9. The third-order valence-electron chi connectivity index (χ3n) is 3.65. The number of nitrogens with zero attached hydrogens (tertiary/aromatic N) is 3. The van der Waals surface area contributed by atoms with Crippen molar-refractivity contribution in [2.24, 2.45) is 4.99 Å². The van der Waals surface area contributed by atoms with E-state index in [0.29, 0.717) is 6.54 Å². The number of guanidine groups is 1. The average Bonchev–Trinajstić information content (AvgIpc) is 3.24. The summed E-state index contributed by atoms with van der Waals surface area (Å²) in [5.41, 5.74) is 1.01. The normalized spacial score (nSPS) is 14.0. The van der Waals surface area contributed by atoms with Crippen molar-refractivity contribution in [3.05, 3.63) is 42.2 Å². The molecule has 0 bridgehead atoms. The Bertz CT molecular complexity index is 808. The molecule has 1 aromatic carbocycles. The van der Waals surface area contributed by atoms with Crippen LogP contribution in [0.4, 0.5) is 0 Å². The molecule has 3 heterocycles. The first kappa shape index (κ1) is 16.3. The third-order valence-corrected chi connectivity index (χ3v) is 4.70. The van der Waals surface area contributed by atoms with Crippen molar-refractivity contribution >= 4 is 51.5 Å². The molecule has 4 rings (SSSR count). The fourth-order valence-electron chi connectivity index (χ4n) is 2.46.